The number of ether oxygens (including phenoxy) is 1. The van der Waals surface area contributed by atoms with Crippen LogP contribution in [0.5, 0.6) is 11.5 Å². The van der Waals surface area contributed by atoms with E-state index in [0.717, 1.165) is 42.6 Å². The van der Waals surface area contributed by atoms with E-state index in [-0.39, 0.29) is 36.4 Å². The van der Waals surface area contributed by atoms with E-state index in [2.05, 4.69) is 33.8 Å². The van der Waals surface area contributed by atoms with E-state index >= 15 is 0 Å². The fourth-order valence-electron chi connectivity index (χ4n) is 5.78. The summed E-state index contributed by atoms with van der Waals surface area (Å²) in [6, 6.07) is 4.09. The van der Waals surface area contributed by atoms with Crippen LogP contribution in [0.2, 0.25) is 0 Å². The van der Waals surface area contributed by atoms with Gasteiger partial charge >= 0.3 is 0 Å². The fourth-order valence-corrected chi connectivity index (χ4v) is 5.78. The molecule has 4 nitrogen and oxygen atoms in total. The minimum atomic E-state index is -0.531. The zero-order chi connectivity index (χ0) is 22.6. The molecule has 2 aliphatic rings. The Bertz CT molecular complexity index is 769. The molecule has 31 heavy (non-hydrogen) atoms. The van der Waals surface area contributed by atoms with Crippen molar-refractivity contribution in [3.63, 3.8) is 0 Å². The molecule has 0 aromatic heterocycles. The van der Waals surface area contributed by atoms with Gasteiger partial charge in [0.05, 0.1) is 6.61 Å². The summed E-state index contributed by atoms with van der Waals surface area (Å²) in [4.78, 5) is 0. The second-order valence-corrected chi connectivity index (χ2v) is 10.5. The highest BCUT2D eigenvalue weighted by molar-refractivity contribution is 5.54. The Labute approximate surface area is 188 Å². The van der Waals surface area contributed by atoms with Crippen LogP contribution in [0, 0.1) is 11.8 Å². The monoisotopic (exact) mass is 430 g/mol. The van der Waals surface area contributed by atoms with E-state index in [0.29, 0.717) is 5.75 Å². The van der Waals surface area contributed by atoms with Gasteiger partial charge in [-0.3, -0.25) is 0 Å². The van der Waals surface area contributed by atoms with E-state index in [1.54, 1.807) is 6.08 Å². The molecule has 3 rings (SSSR count). The normalized spacial score (nSPS) is 28.3. The molecule has 4 atom stereocenters. The summed E-state index contributed by atoms with van der Waals surface area (Å²) in [6.07, 6.45) is 12.5. The predicted octanol–water partition coefficient (Wildman–Crippen LogP) is 5.83. The molecule has 0 radical (unpaired) electrons. The van der Waals surface area contributed by atoms with Gasteiger partial charge in [0.25, 0.3) is 0 Å². The zero-order valence-electron chi connectivity index (χ0n) is 19.9. The van der Waals surface area contributed by atoms with Crippen molar-refractivity contribution in [3.8, 4) is 11.5 Å². The largest absolute Gasteiger partial charge is 0.508 e. The van der Waals surface area contributed by atoms with E-state index in [4.69, 9.17) is 4.74 Å². The first-order valence-corrected chi connectivity index (χ1v) is 12.2. The van der Waals surface area contributed by atoms with Crippen LogP contribution in [0.3, 0.4) is 0 Å². The molecule has 174 valence electrons. The van der Waals surface area contributed by atoms with E-state index in [1.807, 2.05) is 12.1 Å². The summed E-state index contributed by atoms with van der Waals surface area (Å²) >= 11 is 0. The Morgan fingerprint density at radius 1 is 1.16 bits per heavy atom. The highest BCUT2D eigenvalue weighted by Gasteiger charge is 2.49. The number of rotatable bonds is 9. The maximum absolute atomic E-state index is 11.2. The van der Waals surface area contributed by atoms with Crippen LogP contribution < -0.4 is 4.74 Å². The molecule has 0 spiro atoms. The first-order chi connectivity index (χ1) is 14.8. The molecular formula is C27H42O4. The topological polar surface area (TPSA) is 69.9 Å². The van der Waals surface area contributed by atoms with Crippen molar-refractivity contribution < 1.29 is 20.1 Å². The summed E-state index contributed by atoms with van der Waals surface area (Å²) in [6.45, 7) is 8.99. The molecule has 0 bridgehead atoms. The second kappa shape index (κ2) is 9.95. The molecule has 0 unspecified atom stereocenters. The molecular weight excluding hydrogens is 388 g/mol. The lowest BCUT2D eigenvalue weighted by atomic mass is 9.63. The average Bonchev–Trinajstić information content (AvgIpc) is 2.74. The van der Waals surface area contributed by atoms with E-state index < -0.39 is 5.60 Å². The number of fused-ring (bicyclic) bond motifs is 3. The van der Waals surface area contributed by atoms with Gasteiger partial charge in [0.1, 0.15) is 17.1 Å². The number of phenolic OH excluding ortho intramolecular Hbond substituents is 1. The second-order valence-electron chi connectivity index (χ2n) is 10.5. The number of aliphatic hydroxyl groups excluding tert-OH is 2. The summed E-state index contributed by atoms with van der Waals surface area (Å²) in [5.74, 6) is 1.71. The first-order valence-electron chi connectivity index (χ1n) is 12.2. The minimum Gasteiger partial charge on any atom is -0.508 e. The van der Waals surface area contributed by atoms with Crippen LogP contribution in [0.4, 0.5) is 0 Å². The van der Waals surface area contributed by atoms with Gasteiger partial charge < -0.3 is 20.1 Å². The standard InChI is InChI=1S/C27H42O4/c1-5-6-7-8-12-26(2,3)20-16-23(30)25-21-15-19(18-29)10-11-22(21)27(4,13-9-14-28)31-24(25)17-20/h9,13,16-17,19,21-22,28-30H,5-8,10-12,14-15,18H2,1-4H3/b13-9-/t19-,21-,22-,27+/m1/s1. The molecule has 1 aliphatic carbocycles. The maximum atomic E-state index is 11.2. The van der Waals surface area contributed by atoms with Crippen molar-refractivity contribution in [1.29, 1.82) is 0 Å². The molecule has 1 saturated carbocycles. The molecule has 1 heterocycles. The molecule has 1 aromatic rings. The van der Waals surface area contributed by atoms with Crippen LogP contribution >= 0.6 is 0 Å². The first kappa shape index (κ1) is 24.1. The van der Waals surface area contributed by atoms with E-state index in [1.165, 1.54) is 25.7 Å². The molecule has 3 N–H and O–H groups in total. The molecule has 4 heteroatoms. The molecule has 1 fully saturated rings. The highest BCUT2D eigenvalue weighted by atomic mass is 16.5. The lowest BCUT2D eigenvalue weighted by molar-refractivity contribution is -0.000440. The van der Waals surface area contributed by atoms with Crippen LogP contribution in [-0.4, -0.2) is 34.1 Å². The number of aromatic hydroxyl groups is 1. The number of aliphatic hydroxyl groups is 2. The molecule has 0 amide bonds. The summed E-state index contributed by atoms with van der Waals surface area (Å²) < 4.78 is 6.60. The third kappa shape index (κ3) is 5.12. The van der Waals surface area contributed by atoms with Gasteiger partial charge in [0, 0.05) is 18.1 Å². The predicted molar refractivity (Wildman–Crippen MR) is 126 cm³/mol. The third-order valence-corrected chi connectivity index (χ3v) is 7.77. The number of hydrogen-bond donors (Lipinski definition) is 3. The Kier molecular flexibility index (Phi) is 7.75. The van der Waals surface area contributed by atoms with Crippen LogP contribution in [-0.2, 0) is 5.41 Å². The lowest BCUT2D eigenvalue weighted by Gasteiger charge is -2.49. The molecule has 1 aromatic carbocycles. The number of unbranched alkanes of at least 4 members (excludes halogenated alkanes) is 3. The van der Waals surface area contributed by atoms with Gasteiger partial charge in [-0.25, -0.2) is 0 Å². The smallest absolute Gasteiger partial charge is 0.128 e. The Morgan fingerprint density at radius 2 is 1.94 bits per heavy atom. The Hall–Kier alpha value is -1.52. The third-order valence-electron chi connectivity index (χ3n) is 7.77. The van der Waals surface area contributed by atoms with Crippen LogP contribution in [0.1, 0.15) is 96.1 Å². The van der Waals surface area contributed by atoms with Gasteiger partial charge in [-0.15, -0.1) is 0 Å². The highest BCUT2D eigenvalue weighted by Crippen LogP contribution is 2.56. The SMILES string of the molecule is CCCCCCC(C)(C)c1cc(O)c2c(c1)O[C@@](C)(/C=C\CO)[C@@H]1CC[C@@H](CO)C[C@@H]21. The van der Waals surface area contributed by atoms with Crippen LogP contribution in [0.15, 0.2) is 24.3 Å². The lowest BCUT2D eigenvalue weighted by Crippen LogP contribution is -2.48. The van der Waals surface area contributed by atoms with Gasteiger partial charge in [-0.2, -0.15) is 0 Å². The quantitative estimate of drug-likeness (QED) is 0.340. The molecule has 1 aliphatic heterocycles. The van der Waals surface area contributed by atoms with E-state index in [9.17, 15) is 15.3 Å². The number of phenols is 1. The summed E-state index contributed by atoms with van der Waals surface area (Å²) in [5.41, 5.74) is 1.44. The Morgan fingerprint density at radius 3 is 2.61 bits per heavy atom. The van der Waals surface area contributed by atoms with Crippen molar-refractivity contribution in [2.24, 2.45) is 11.8 Å². The van der Waals surface area contributed by atoms with Crippen molar-refractivity contribution in [2.45, 2.75) is 96.0 Å². The van der Waals surface area contributed by atoms with Crippen molar-refractivity contribution in [1.82, 2.24) is 0 Å². The fraction of sp³-hybridized carbons (Fsp3) is 0.704. The summed E-state index contributed by atoms with van der Waals surface area (Å²) in [5, 5.41) is 30.3. The van der Waals surface area contributed by atoms with Crippen LogP contribution in [0.25, 0.3) is 0 Å². The van der Waals surface area contributed by atoms with Crippen molar-refractivity contribution in [3.05, 3.63) is 35.4 Å². The Balaban J connectivity index is 1.98. The maximum Gasteiger partial charge on any atom is 0.128 e. The van der Waals surface area contributed by atoms with Gasteiger partial charge in [0.15, 0.2) is 0 Å². The average molecular weight is 431 g/mol. The number of hydrogen-bond acceptors (Lipinski definition) is 4. The summed E-state index contributed by atoms with van der Waals surface area (Å²) in [7, 11) is 0. The van der Waals surface area contributed by atoms with Crippen molar-refractivity contribution >= 4 is 0 Å². The van der Waals surface area contributed by atoms with Gasteiger partial charge in [-0.1, -0.05) is 52.5 Å². The van der Waals surface area contributed by atoms with Gasteiger partial charge in [0.2, 0.25) is 0 Å². The zero-order valence-corrected chi connectivity index (χ0v) is 19.9. The van der Waals surface area contributed by atoms with Crippen molar-refractivity contribution in [2.75, 3.05) is 13.2 Å². The minimum absolute atomic E-state index is 0.0153. The van der Waals surface area contributed by atoms with Gasteiger partial charge in [-0.05, 0) is 73.6 Å². The molecule has 0 saturated heterocycles. The number of benzene rings is 1.